The molecule has 21 heavy (non-hydrogen) atoms. The van der Waals surface area contributed by atoms with Crippen LogP contribution in [0.1, 0.15) is 12.0 Å². The molecule has 0 saturated carbocycles. The summed E-state index contributed by atoms with van der Waals surface area (Å²) in [7, 11) is 0. The van der Waals surface area contributed by atoms with E-state index in [1.807, 2.05) is 24.4 Å². The third-order valence-corrected chi connectivity index (χ3v) is 5.25. The second kappa shape index (κ2) is 5.91. The number of aromatic amines is 1. The van der Waals surface area contributed by atoms with Crippen molar-refractivity contribution >= 4 is 40.2 Å². The predicted octanol–water partition coefficient (Wildman–Crippen LogP) is 2.35. The van der Waals surface area contributed by atoms with Gasteiger partial charge in [-0.3, -0.25) is 4.79 Å². The lowest BCUT2D eigenvalue weighted by molar-refractivity contribution is -0.121. The van der Waals surface area contributed by atoms with Crippen LogP contribution < -0.4 is 5.32 Å². The van der Waals surface area contributed by atoms with Gasteiger partial charge < -0.3 is 15.4 Å². The monoisotopic (exact) mass is 324 g/mol. The first-order valence-electron chi connectivity index (χ1n) is 6.88. The first kappa shape index (κ1) is 14.8. The molecule has 4 nitrogen and oxygen atoms in total. The maximum absolute atomic E-state index is 12.1. The van der Waals surface area contributed by atoms with Crippen LogP contribution in [0.3, 0.4) is 0 Å². The number of benzene rings is 1. The summed E-state index contributed by atoms with van der Waals surface area (Å²) in [4.78, 5) is 15.2. The number of H-pyrrole nitrogens is 1. The van der Waals surface area contributed by atoms with Gasteiger partial charge >= 0.3 is 0 Å². The van der Waals surface area contributed by atoms with Gasteiger partial charge in [0.1, 0.15) is 0 Å². The van der Waals surface area contributed by atoms with E-state index >= 15 is 0 Å². The molecule has 1 aliphatic rings. The number of hydrogen-bond donors (Lipinski definition) is 3. The van der Waals surface area contributed by atoms with Gasteiger partial charge in [0, 0.05) is 34.4 Å². The van der Waals surface area contributed by atoms with Crippen molar-refractivity contribution in [1.29, 1.82) is 0 Å². The van der Waals surface area contributed by atoms with Gasteiger partial charge in [0.15, 0.2) is 0 Å². The Morgan fingerprint density at radius 2 is 2.38 bits per heavy atom. The molecule has 1 aliphatic heterocycles. The Hall–Kier alpha value is -1.17. The Bertz CT molecular complexity index is 665. The van der Waals surface area contributed by atoms with Crippen molar-refractivity contribution in [2.45, 2.75) is 18.4 Å². The number of thioether (sulfide) groups is 1. The number of carbonyl (C=O) groups excluding carboxylic acids is 1. The van der Waals surface area contributed by atoms with Gasteiger partial charge in [-0.2, -0.15) is 11.8 Å². The van der Waals surface area contributed by atoms with E-state index in [4.69, 9.17) is 11.6 Å². The first-order valence-corrected chi connectivity index (χ1v) is 8.41. The van der Waals surface area contributed by atoms with E-state index in [9.17, 15) is 9.90 Å². The highest BCUT2D eigenvalue weighted by atomic mass is 35.5. The van der Waals surface area contributed by atoms with Crippen LogP contribution in [0.15, 0.2) is 24.4 Å². The summed E-state index contributed by atoms with van der Waals surface area (Å²) in [6, 6.07) is 5.58. The molecule has 6 heteroatoms. The highest BCUT2D eigenvalue weighted by molar-refractivity contribution is 7.99. The fraction of sp³-hybridized carbons (Fsp3) is 0.400. The lowest BCUT2D eigenvalue weighted by atomic mass is 10.0. The van der Waals surface area contributed by atoms with Gasteiger partial charge in [-0.05, 0) is 35.9 Å². The zero-order valence-corrected chi connectivity index (χ0v) is 13.1. The summed E-state index contributed by atoms with van der Waals surface area (Å²) in [5.41, 5.74) is 1.13. The maximum atomic E-state index is 12.1. The molecule has 3 N–H and O–H groups in total. The van der Waals surface area contributed by atoms with Crippen LogP contribution in [0.25, 0.3) is 10.9 Å². The second-order valence-corrected chi connectivity index (χ2v) is 7.03. The Balaban J connectivity index is 1.64. The van der Waals surface area contributed by atoms with E-state index in [-0.39, 0.29) is 12.3 Å². The molecule has 3 rings (SSSR count). The molecule has 2 aromatic rings. The molecule has 1 aromatic heterocycles. The molecular formula is C15H17ClN2O2S. The minimum Gasteiger partial charge on any atom is -0.387 e. The number of nitrogens with one attached hydrogen (secondary N) is 2. The molecular weight excluding hydrogens is 308 g/mol. The van der Waals surface area contributed by atoms with Gasteiger partial charge in [0.2, 0.25) is 5.91 Å². The molecule has 2 heterocycles. The first-order chi connectivity index (χ1) is 10.1. The van der Waals surface area contributed by atoms with Crippen LogP contribution in [0.5, 0.6) is 0 Å². The molecule has 1 atom stereocenters. The molecule has 1 saturated heterocycles. The van der Waals surface area contributed by atoms with E-state index in [0.29, 0.717) is 17.3 Å². The number of rotatable bonds is 4. The SMILES string of the molecule is O=C(Cc1c[nH]c2ccc(Cl)cc12)NC[C@@]1(O)CCSC1. The minimum atomic E-state index is -0.746. The van der Waals surface area contributed by atoms with Crippen LogP contribution in [0.2, 0.25) is 5.02 Å². The summed E-state index contributed by atoms with van der Waals surface area (Å²) in [6.45, 7) is 0.321. The third kappa shape index (κ3) is 3.36. The molecule has 0 bridgehead atoms. The van der Waals surface area contributed by atoms with Crippen LogP contribution in [0.4, 0.5) is 0 Å². The topological polar surface area (TPSA) is 65.1 Å². The zero-order valence-electron chi connectivity index (χ0n) is 11.5. The number of carbonyl (C=O) groups is 1. The Kier molecular flexibility index (Phi) is 4.15. The fourth-order valence-corrected chi connectivity index (χ4v) is 4.00. The van der Waals surface area contributed by atoms with Gasteiger partial charge in [-0.1, -0.05) is 11.6 Å². The molecule has 112 valence electrons. The van der Waals surface area contributed by atoms with Gasteiger partial charge in [0.25, 0.3) is 0 Å². The second-order valence-electron chi connectivity index (χ2n) is 5.48. The summed E-state index contributed by atoms with van der Waals surface area (Å²) in [5.74, 6) is 1.56. The van der Waals surface area contributed by atoms with Crippen LogP contribution in [-0.4, -0.2) is 39.6 Å². The molecule has 1 fully saturated rings. The smallest absolute Gasteiger partial charge is 0.224 e. The predicted molar refractivity (Wildman–Crippen MR) is 86.9 cm³/mol. The Labute approximate surface area is 132 Å². The largest absolute Gasteiger partial charge is 0.387 e. The summed E-state index contributed by atoms with van der Waals surface area (Å²) in [6.07, 6.45) is 2.85. The lowest BCUT2D eigenvalue weighted by Crippen LogP contribution is -2.43. The average Bonchev–Trinajstić information content (AvgIpc) is 3.05. The fourth-order valence-electron chi connectivity index (χ4n) is 2.53. The minimum absolute atomic E-state index is 0.0822. The Morgan fingerprint density at radius 3 is 3.14 bits per heavy atom. The van der Waals surface area contributed by atoms with Crippen LogP contribution >= 0.6 is 23.4 Å². The maximum Gasteiger partial charge on any atom is 0.224 e. The third-order valence-electron chi connectivity index (χ3n) is 3.78. The van der Waals surface area contributed by atoms with Crippen molar-refractivity contribution in [3.05, 3.63) is 35.0 Å². The number of fused-ring (bicyclic) bond motifs is 1. The molecule has 0 unspecified atom stereocenters. The summed E-state index contributed by atoms with van der Waals surface area (Å²) >= 11 is 7.72. The van der Waals surface area contributed by atoms with Gasteiger partial charge in [0.05, 0.1) is 12.0 Å². The molecule has 0 spiro atoms. The number of aliphatic hydroxyl groups is 1. The van der Waals surface area contributed by atoms with Crippen molar-refractivity contribution in [1.82, 2.24) is 10.3 Å². The standard InChI is InChI=1S/C15H17ClN2O2S/c16-11-1-2-13-12(6-11)10(7-17-13)5-14(19)18-8-15(20)3-4-21-9-15/h1-2,6-7,17,20H,3-5,8-9H2,(H,18,19)/t15-/m0/s1. The van der Waals surface area contributed by atoms with Crippen molar-refractivity contribution in [3.63, 3.8) is 0 Å². The van der Waals surface area contributed by atoms with Crippen molar-refractivity contribution < 1.29 is 9.90 Å². The van der Waals surface area contributed by atoms with Gasteiger partial charge in [-0.25, -0.2) is 0 Å². The van der Waals surface area contributed by atoms with E-state index in [2.05, 4.69) is 10.3 Å². The number of aromatic nitrogens is 1. The van der Waals surface area contributed by atoms with Crippen LogP contribution in [0, 0.1) is 0 Å². The number of amides is 1. The normalized spacial score (nSPS) is 21.8. The van der Waals surface area contributed by atoms with Gasteiger partial charge in [-0.15, -0.1) is 0 Å². The van der Waals surface area contributed by atoms with E-state index in [1.54, 1.807) is 11.8 Å². The molecule has 0 radical (unpaired) electrons. The number of halogens is 1. The summed E-state index contributed by atoms with van der Waals surface area (Å²) < 4.78 is 0. The summed E-state index contributed by atoms with van der Waals surface area (Å²) in [5, 5.41) is 14.7. The average molecular weight is 325 g/mol. The van der Waals surface area contributed by atoms with Crippen molar-refractivity contribution in [2.75, 3.05) is 18.1 Å². The zero-order chi connectivity index (χ0) is 14.9. The van der Waals surface area contributed by atoms with E-state index in [0.717, 1.165) is 28.6 Å². The van der Waals surface area contributed by atoms with Crippen molar-refractivity contribution in [2.24, 2.45) is 0 Å². The van der Waals surface area contributed by atoms with Crippen molar-refractivity contribution in [3.8, 4) is 0 Å². The molecule has 1 amide bonds. The molecule has 0 aliphatic carbocycles. The quantitative estimate of drug-likeness (QED) is 0.809. The van der Waals surface area contributed by atoms with E-state index in [1.165, 1.54) is 0 Å². The lowest BCUT2D eigenvalue weighted by Gasteiger charge is -2.21. The highest BCUT2D eigenvalue weighted by Gasteiger charge is 2.31. The number of hydrogen-bond acceptors (Lipinski definition) is 3. The highest BCUT2D eigenvalue weighted by Crippen LogP contribution is 2.27. The van der Waals surface area contributed by atoms with Crippen LogP contribution in [-0.2, 0) is 11.2 Å². The van der Waals surface area contributed by atoms with E-state index < -0.39 is 5.60 Å². The Morgan fingerprint density at radius 1 is 1.52 bits per heavy atom. The molecule has 1 aromatic carbocycles.